The fourth-order valence-corrected chi connectivity index (χ4v) is 1.99. The Hall–Kier alpha value is -1.34. The van der Waals surface area contributed by atoms with Gasteiger partial charge >= 0.3 is 6.18 Å². The highest BCUT2D eigenvalue weighted by Gasteiger charge is 2.27. The molecule has 21 heavy (non-hydrogen) atoms. The predicted molar refractivity (Wildman–Crippen MR) is 72.7 cm³/mol. The Balaban J connectivity index is 2.56. The van der Waals surface area contributed by atoms with E-state index in [4.69, 9.17) is 10.5 Å². The summed E-state index contributed by atoms with van der Waals surface area (Å²) in [5, 5.41) is 0. The van der Waals surface area contributed by atoms with Crippen molar-refractivity contribution in [2.75, 3.05) is 27.2 Å². The van der Waals surface area contributed by atoms with Crippen LogP contribution >= 0.6 is 0 Å². The van der Waals surface area contributed by atoms with Gasteiger partial charge in [-0.05, 0) is 32.1 Å². The molecular formula is C14H20F4N2O. The van der Waals surface area contributed by atoms with Gasteiger partial charge in [-0.25, -0.2) is 4.39 Å². The molecule has 0 heterocycles. The molecule has 0 radical (unpaired) electrons. The van der Waals surface area contributed by atoms with E-state index in [0.29, 0.717) is 18.7 Å². The quantitative estimate of drug-likeness (QED) is 0.787. The fourth-order valence-electron chi connectivity index (χ4n) is 1.99. The lowest BCUT2D eigenvalue weighted by atomic mass is 10.0. The molecule has 0 saturated carbocycles. The second-order valence-corrected chi connectivity index (χ2v) is 4.92. The van der Waals surface area contributed by atoms with E-state index < -0.39 is 24.5 Å². The van der Waals surface area contributed by atoms with Gasteiger partial charge in [0.05, 0.1) is 13.5 Å². The first-order valence-electron chi connectivity index (χ1n) is 6.58. The summed E-state index contributed by atoms with van der Waals surface area (Å²) in [6.07, 6.45) is -4.71. The molecule has 3 nitrogen and oxygen atoms in total. The van der Waals surface area contributed by atoms with Crippen LogP contribution in [0, 0.1) is 5.82 Å². The van der Waals surface area contributed by atoms with E-state index in [0.717, 1.165) is 0 Å². The van der Waals surface area contributed by atoms with Crippen LogP contribution in [0.3, 0.4) is 0 Å². The summed E-state index contributed by atoms with van der Waals surface area (Å²) in [6.45, 7) is 0.235. The van der Waals surface area contributed by atoms with Gasteiger partial charge in [0.15, 0.2) is 0 Å². The Morgan fingerprint density at radius 1 is 1.29 bits per heavy atom. The van der Waals surface area contributed by atoms with Gasteiger partial charge in [0.25, 0.3) is 0 Å². The second kappa shape index (κ2) is 7.61. The number of methoxy groups -OCH3 is 1. The largest absolute Gasteiger partial charge is 0.496 e. The summed E-state index contributed by atoms with van der Waals surface area (Å²) in [5.74, 6) is -0.125. The van der Waals surface area contributed by atoms with Gasteiger partial charge in [-0.3, -0.25) is 0 Å². The van der Waals surface area contributed by atoms with Gasteiger partial charge < -0.3 is 15.4 Å². The number of nitrogens with two attached hydrogens (primary N) is 1. The maximum absolute atomic E-state index is 13.8. The SMILES string of the molecule is COc1cccc(F)c1C(N)CCN(C)CCC(F)(F)F. The molecule has 1 rings (SSSR count). The molecule has 0 aliphatic rings. The topological polar surface area (TPSA) is 38.5 Å². The molecule has 7 heteroatoms. The molecule has 1 aromatic rings. The minimum atomic E-state index is -4.18. The number of nitrogens with zero attached hydrogens (tertiary/aromatic N) is 1. The van der Waals surface area contributed by atoms with E-state index in [1.165, 1.54) is 24.1 Å². The van der Waals surface area contributed by atoms with Crippen LogP contribution in [-0.2, 0) is 0 Å². The number of halogens is 4. The van der Waals surface area contributed by atoms with Crippen molar-refractivity contribution in [2.45, 2.75) is 25.1 Å². The zero-order valence-electron chi connectivity index (χ0n) is 12.1. The van der Waals surface area contributed by atoms with Gasteiger partial charge in [0, 0.05) is 18.2 Å². The lowest BCUT2D eigenvalue weighted by molar-refractivity contribution is -0.137. The minimum absolute atomic E-state index is 0.107. The molecule has 0 saturated heterocycles. The molecule has 0 bridgehead atoms. The average molecular weight is 308 g/mol. The first kappa shape index (κ1) is 17.7. The zero-order valence-corrected chi connectivity index (χ0v) is 12.1. The van der Waals surface area contributed by atoms with Crippen molar-refractivity contribution in [2.24, 2.45) is 5.73 Å². The van der Waals surface area contributed by atoms with Crippen LogP contribution < -0.4 is 10.5 Å². The minimum Gasteiger partial charge on any atom is -0.496 e. The lowest BCUT2D eigenvalue weighted by Crippen LogP contribution is -2.28. The van der Waals surface area contributed by atoms with Gasteiger partial charge in [-0.1, -0.05) is 6.07 Å². The molecule has 0 fully saturated rings. The smallest absolute Gasteiger partial charge is 0.390 e. The Kier molecular flexibility index (Phi) is 6.42. The molecule has 120 valence electrons. The number of hydrogen-bond donors (Lipinski definition) is 1. The van der Waals surface area contributed by atoms with Crippen molar-refractivity contribution in [3.05, 3.63) is 29.6 Å². The third kappa shape index (κ3) is 5.89. The molecule has 1 atom stereocenters. The maximum atomic E-state index is 13.8. The molecule has 2 N–H and O–H groups in total. The lowest BCUT2D eigenvalue weighted by Gasteiger charge is -2.21. The van der Waals surface area contributed by atoms with E-state index >= 15 is 0 Å². The zero-order chi connectivity index (χ0) is 16.0. The summed E-state index contributed by atoms with van der Waals surface area (Å²) in [5.41, 5.74) is 6.19. The van der Waals surface area contributed by atoms with Crippen molar-refractivity contribution in [3.8, 4) is 5.75 Å². The molecule has 0 aromatic heterocycles. The van der Waals surface area contributed by atoms with Gasteiger partial charge in [0.2, 0.25) is 0 Å². The Morgan fingerprint density at radius 2 is 1.95 bits per heavy atom. The summed E-state index contributed by atoms with van der Waals surface area (Å²) in [4.78, 5) is 1.53. The summed E-state index contributed by atoms with van der Waals surface area (Å²) in [6, 6.07) is 3.77. The highest BCUT2D eigenvalue weighted by Crippen LogP contribution is 2.28. The molecule has 1 aromatic carbocycles. The first-order chi connectivity index (χ1) is 9.74. The molecule has 0 amide bonds. The standard InChI is InChI=1S/C14H20F4N2O/c1-20(9-7-14(16,17)18)8-6-11(19)13-10(15)4-3-5-12(13)21-2/h3-5,11H,6-9,19H2,1-2H3. The number of rotatable bonds is 7. The van der Waals surface area contributed by atoms with Gasteiger partial charge in [-0.15, -0.1) is 0 Å². The number of alkyl halides is 3. The van der Waals surface area contributed by atoms with Crippen molar-refractivity contribution in [1.29, 1.82) is 0 Å². The van der Waals surface area contributed by atoms with Gasteiger partial charge in [0.1, 0.15) is 11.6 Å². The third-order valence-corrected chi connectivity index (χ3v) is 3.20. The highest BCUT2D eigenvalue weighted by atomic mass is 19.4. The monoisotopic (exact) mass is 308 g/mol. The second-order valence-electron chi connectivity index (χ2n) is 4.92. The van der Waals surface area contributed by atoms with Crippen LogP contribution in [-0.4, -0.2) is 38.3 Å². The Bertz CT molecular complexity index is 451. The van der Waals surface area contributed by atoms with Crippen LogP contribution in [0.5, 0.6) is 5.75 Å². The van der Waals surface area contributed by atoms with Crippen molar-refractivity contribution in [1.82, 2.24) is 4.90 Å². The number of hydrogen-bond acceptors (Lipinski definition) is 3. The predicted octanol–water partition coefficient (Wildman–Crippen LogP) is 3.11. The number of benzene rings is 1. The molecule has 1 unspecified atom stereocenters. The maximum Gasteiger partial charge on any atom is 0.390 e. The normalized spacial score (nSPS) is 13.5. The van der Waals surface area contributed by atoms with Crippen LogP contribution in [0.1, 0.15) is 24.4 Å². The molecule has 0 spiro atoms. The average Bonchev–Trinajstić information content (AvgIpc) is 2.41. The Labute approximate surface area is 121 Å². The summed E-state index contributed by atoms with van der Waals surface area (Å²) in [7, 11) is 3.00. The van der Waals surface area contributed by atoms with Gasteiger partial charge in [-0.2, -0.15) is 13.2 Å². The summed E-state index contributed by atoms with van der Waals surface area (Å²) < 4.78 is 55.2. The van der Waals surface area contributed by atoms with Crippen molar-refractivity contribution >= 4 is 0 Å². The van der Waals surface area contributed by atoms with E-state index in [9.17, 15) is 17.6 Å². The fraction of sp³-hybridized carbons (Fsp3) is 0.571. The van der Waals surface area contributed by atoms with E-state index in [1.54, 1.807) is 13.1 Å². The third-order valence-electron chi connectivity index (χ3n) is 3.20. The highest BCUT2D eigenvalue weighted by molar-refractivity contribution is 5.37. The van der Waals surface area contributed by atoms with E-state index in [-0.39, 0.29) is 12.1 Å². The van der Waals surface area contributed by atoms with Crippen LogP contribution in [0.2, 0.25) is 0 Å². The van der Waals surface area contributed by atoms with Crippen molar-refractivity contribution < 1.29 is 22.3 Å². The van der Waals surface area contributed by atoms with Crippen molar-refractivity contribution in [3.63, 3.8) is 0 Å². The van der Waals surface area contributed by atoms with E-state index in [2.05, 4.69) is 0 Å². The van der Waals surface area contributed by atoms with Crippen LogP contribution in [0.15, 0.2) is 18.2 Å². The Morgan fingerprint density at radius 3 is 2.52 bits per heavy atom. The molecular weight excluding hydrogens is 288 g/mol. The molecule has 0 aliphatic carbocycles. The van der Waals surface area contributed by atoms with E-state index in [1.807, 2.05) is 0 Å². The first-order valence-corrected chi connectivity index (χ1v) is 6.58. The number of ether oxygens (including phenoxy) is 1. The van der Waals surface area contributed by atoms with Crippen LogP contribution in [0.25, 0.3) is 0 Å². The molecule has 0 aliphatic heterocycles. The summed E-state index contributed by atoms with van der Waals surface area (Å²) >= 11 is 0. The van der Waals surface area contributed by atoms with Crippen LogP contribution in [0.4, 0.5) is 17.6 Å².